The van der Waals surface area contributed by atoms with Gasteiger partial charge in [-0.15, -0.1) is 13.2 Å². The van der Waals surface area contributed by atoms with Crippen molar-refractivity contribution in [2.45, 2.75) is 12.9 Å². The number of amides is 1. The van der Waals surface area contributed by atoms with Gasteiger partial charge in [0.05, 0.1) is 0 Å². The molecular weight excluding hydrogens is 391 g/mol. The van der Waals surface area contributed by atoms with Gasteiger partial charge in [0.15, 0.2) is 6.61 Å². The number of rotatable bonds is 6. The monoisotopic (exact) mass is 407 g/mol. The Morgan fingerprint density at radius 1 is 1.03 bits per heavy atom. The Morgan fingerprint density at radius 2 is 1.69 bits per heavy atom. The van der Waals surface area contributed by atoms with Crippen LogP contribution in [0.1, 0.15) is 5.56 Å². The molecule has 0 fully saturated rings. The zero-order chi connectivity index (χ0) is 21.0. The summed E-state index contributed by atoms with van der Waals surface area (Å²) in [5.74, 6) is -0.306. The molecule has 0 N–H and O–H groups in total. The number of hydrogen-bond donors (Lipinski definition) is 0. The van der Waals surface area contributed by atoms with Gasteiger partial charge < -0.3 is 18.8 Å². The van der Waals surface area contributed by atoms with Crippen LogP contribution in [-0.4, -0.2) is 30.8 Å². The fraction of sp³-hybridized carbons (Fsp3) is 0.200. The Labute approximate surface area is 163 Å². The van der Waals surface area contributed by atoms with Crippen molar-refractivity contribution in [3.05, 3.63) is 70.6 Å². The molecule has 0 radical (unpaired) electrons. The van der Waals surface area contributed by atoms with Gasteiger partial charge in [0, 0.05) is 31.1 Å². The van der Waals surface area contributed by atoms with Crippen molar-refractivity contribution in [1.82, 2.24) is 4.90 Å². The second kappa shape index (κ2) is 8.26. The van der Waals surface area contributed by atoms with E-state index in [-0.39, 0.29) is 24.8 Å². The van der Waals surface area contributed by atoms with Crippen molar-refractivity contribution in [2.75, 3.05) is 13.7 Å². The molecule has 3 aromatic rings. The van der Waals surface area contributed by atoms with Crippen LogP contribution in [-0.2, 0) is 11.3 Å². The number of benzene rings is 2. The number of carbonyl (C=O) groups excluding carboxylic acids is 1. The van der Waals surface area contributed by atoms with E-state index >= 15 is 0 Å². The Balaban J connectivity index is 1.56. The first-order chi connectivity index (χ1) is 13.7. The lowest BCUT2D eigenvalue weighted by atomic mass is 10.2. The number of ether oxygens (including phenoxy) is 2. The highest BCUT2D eigenvalue weighted by Crippen LogP contribution is 2.23. The van der Waals surface area contributed by atoms with Crippen molar-refractivity contribution in [2.24, 2.45) is 0 Å². The van der Waals surface area contributed by atoms with Crippen molar-refractivity contribution in [3.8, 4) is 11.5 Å². The molecule has 0 saturated heterocycles. The number of nitrogens with zero attached hydrogens (tertiary/aromatic N) is 1. The molecule has 3 rings (SSSR count). The topological polar surface area (TPSA) is 69.0 Å². The number of alkyl halides is 3. The van der Waals surface area contributed by atoms with Crippen LogP contribution in [0, 0.1) is 0 Å². The summed E-state index contributed by atoms with van der Waals surface area (Å²) in [6.45, 7) is -0.0740. The van der Waals surface area contributed by atoms with Crippen LogP contribution in [0.5, 0.6) is 11.5 Å². The molecule has 0 unspecified atom stereocenters. The highest BCUT2D eigenvalue weighted by atomic mass is 19.4. The molecule has 29 heavy (non-hydrogen) atoms. The van der Waals surface area contributed by atoms with Crippen molar-refractivity contribution in [3.63, 3.8) is 0 Å². The summed E-state index contributed by atoms with van der Waals surface area (Å²) < 4.78 is 50.9. The first-order valence-electron chi connectivity index (χ1n) is 8.45. The third-order valence-corrected chi connectivity index (χ3v) is 3.96. The van der Waals surface area contributed by atoms with Gasteiger partial charge in [-0.25, -0.2) is 4.79 Å². The smallest absolute Gasteiger partial charge is 0.484 e. The van der Waals surface area contributed by atoms with Gasteiger partial charge in [-0.1, -0.05) is 12.1 Å². The molecule has 1 aromatic heterocycles. The maximum absolute atomic E-state index is 12.2. The predicted octanol–water partition coefficient (Wildman–Crippen LogP) is 3.73. The molecule has 0 spiro atoms. The zero-order valence-corrected chi connectivity index (χ0v) is 15.2. The minimum absolute atomic E-state index is 0.182. The third kappa shape index (κ3) is 5.74. The quantitative estimate of drug-likeness (QED) is 0.583. The zero-order valence-electron chi connectivity index (χ0n) is 15.2. The maximum Gasteiger partial charge on any atom is 0.573 e. The molecule has 0 bridgehead atoms. The van der Waals surface area contributed by atoms with Gasteiger partial charge in [0.2, 0.25) is 0 Å². The first kappa shape index (κ1) is 20.2. The van der Waals surface area contributed by atoms with Crippen molar-refractivity contribution in [1.29, 1.82) is 0 Å². The standard InChI is InChI=1S/C20H16F3NO5/c1-24(11-13-2-6-15(7-3-13)29-20(21,22)23)18(25)12-27-16-8-4-14-5-9-19(26)28-17(14)10-16/h2-10H,11-12H2,1H3. The third-order valence-electron chi connectivity index (χ3n) is 3.96. The van der Waals surface area contributed by atoms with Crippen LogP contribution in [0.3, 0.4) is 0 Å². The number of halogens is 3. The predicted molar refractivity (Wildman–Crippen MR) is 97.6 cm³/mol. The van der Waals surface area contributed by atoms with E-state index in [9.17, 15) is 22.8 Å². The lowest BCUT2D eigenvalue weighted by Gasteiger charge is -2.18. The molecule has 0 aliphatic carbocycles. The van der Waals surface area contributed by atoms with E-state index < -0.39 is 12.0 Å². The van der Waals surface area contributed by atoms with E-state index in [0.717, 1.165) is 5.39 Å². The second-order valence-electron chi connectivity index (χ2n) is 6.18. The first-order valence-corrected chi connectivity index (χ1v) is 8.45. The Morgan fingerprint density at radius 3 is 2.38 bits per heavy atom. The number of hydrogen-bond acceptors (Lipinski definition) is 5. The summed E-state index contributed by atoms with van der Waals surface area (Å²) in [5.41, 5.74) is 0.483. The maximum atomic E-state index is 12.2. The number of likely N-dealkylation sites (N-methyl/N-ethyl adjacent to an activating group) is 1. The summed E-state index contributed by atoms with van der Waals surface area (Å²) in [6, 6.07) is 13.0. The largest absolute Gasteiger partial charge is 0.573 e. The summed E-state index contributed by atoms with van der Waals surface area (Å²) in [4.78, 5) is 24.9. The molecule has 1 heterocycles. The lowest BCUT2D eigenvalue weighted by molar-refractivity contribution is -0.274. The molecule has 9 heteroatoms. The molecule has 2 aromatic carbocycles. The van der Waals surface area contributed by atoms with E-state index in [1.54, 1.807) is 25.2 Å². The molecular formula is C20H16F3NO5. The average molecular weight is 407 g/mol. The average Bonchev–Trinajstić information content (AvgIpc) is 2.66. The molecule has 152 valence electrons. The van der Waals surface area contributed by atoms with Gasteiger partial charge in [-0.05, 0) is 35.9 Å². The van der Waals surface area contributed by atoms with Crippen LogP contribution < -0.4 is 15.1 Å². The lowest BCUT2D eigenvalue weighted by Crippen LogP contribution is -2.30. The molecule has 0 atom stereocenters. The molecule has 0 saturated carbocycles. The van der Waals surface area contributed by atoms with Crippen LogP contribution in [0.2, 0.25) is 0 Å². The highest BCUT2D eigenvalue weighted by molar-refractivity contribution is 5.79. The normalized spacial score (nSPS) is 11.3. The van der Waals surface area contributed by atoms with Crippen molar-refractivity contribution >= 4 is 16.9 Å². The minimum atomic E-state index is -4.75. The van der Waals surface area contributed by atoms with Crippen LogP contribution in [0.15, 0.2) is 63.8 Å². The van der Waals surface area contributed by atoms with E-state index in [4.69, 9.17) is 9.15 Å². The summed E-state index contributed by atoms with van der Waals surface area (Å²) in [5, 5.41) is 0.721. The van der Waals surface area contributed by atoms with Gasteiger partial charge >= 0.3 is 12.0 Å². The van der Waals surface area contributed by atoms with E-state index in [1.165, 1.54) is 41.3 Å². The second-order valence-corrected chi connectivity index (χ2v) is 6.18. The van der Waals surface area contributed by atoms with Crippen LogP contribution in [0.25, 0.3) is 11.0 Å². The van der Waals surface area contributed by atoms with Crippen molar-refractivity contribution < 1.29 is 31.9 Å². The summed E-state index contributed by atoms with van der Waals surface area (Å²) in [7, 11) is 1.55. The Kier molecular flexibility index (Phi) is 5.76. The number of fused-ring (bicyclic) bond motifs is 1. The van der Waals surface area contributed by atoms with E-state index in [0.29, 0.717) is 16.9 Å². The SMILES string of the molecule is CN(Cc1ccc(OC(F)(F)F)cc1)C(=O)COc1ccc2ccc(=O)oc2c1. The highest BCUT2D eigenvalue weighted by Gasteiger charge is 2.30. The van der Waals surface area contributed by atoms with E-state index in [1.807, 2.05) is 0 Å². The van der Waals surface area contributed by atoms with Gasteiger partial charge in [0.25, 0.3) is 5.91 Å². The van der Waals surface area contributed by atoms with Crippen LogP contribution in [0.4, 0.5) is 13.2 Å². The number of carbonyl (C=O) groups is 1. The van der Waals surface area contributed by atoms with E-state index in [2.05, 4.69) is 4.74 Å². The molecule has 6 nitrogen and oxygen atoms in total. The Hall–Kier alpha value is -3.49. The Bertz CT molecular complexity index is 1060. The molecule has 0 aliphatic heterocycles. The molecule has 0 aliphatic rings. The van der Waals surface area contributed by atoms with Crippen LogP contribution >= 0.6 is 0 Å². The fourth-order valence-corrected chi connectivity index (χ4v) is 2.54. The fourth-order valence-electron chi connectivity index (χ4n) is 2.54. The summed E-state index contributed by atoms with van der Waals surface area (Å²) in [6.07, 6.45) is -4.75. The molecule has 1 amide bonds. The van der Waals surface area contributed by atoms with Gasteiger partial charge in [-0.2, -0.15) is 0 Å². The van der Waals surface area contributed by atoms with Gasteiger partial charge in [-0.3, -0.25) is 4.79 Å². The summed E-state index contributed by atoms with van der Waals surface area (Å²) >= 11 is 0. The van der Waals surface area contributed by atoms with Gasteiger partial charge in [0.1, 0.15) is 17.1 Å². The minimum Gasteiger partial charge on any atom is -0.484 e.